The lowest BCUT2D eigenvalue weighted by Gasteiger charge is -2.27. The van der Waals surface area contributed by atoms with Gasteiger partial charge in [-0.3, -0.25) is 14.5 Å². The minimum Gasteiger partial charge on any atom is -0.373 e. The minimum absolute atomic E-state index is 0.0163. The normalized spacial score (nSPS) is 39.1. The second-order valence-electron chi connectivity index (χ2n) is 4.52. The molecule has 3 aliphatic rings. The van der Waals surface area contributed by atoms with Gasteiger partial charge in [-0.2, -0.15) is 0 Å². The van der Waals surface area contributed by atoms with E-state index < -0.39 is 0 Å². The van der Waals surface area contributed by atoms with Crippen LogP contribution in [0.5, 0.6) is 0 Å². The van der Waals surface area contributed by atoms with Gasteiger partial charge in [0.15, 0.2) is 0 Å². The van der Waals surface area contributed by atoms with Crippen LogP contribution < -0.4 is 0 Å². The monoisotopic (exact) mass is 207 g/mol. The van der Waals surface area contributed by atoms with Crippen molar-refractivity contribution in [1.82, 2.24) is 4.90 Å². The Morgan fingerprint density at radius 2 is 2.20 bits per heavy atom. The summed E-state index contributed by atoms with van der Waals surface area (Å²) in [7, 11) is 0. The quantitative estimate of drug-likeness (QED) is 0.592. The van der Waals surface area contributed by atoms with Gasteiger partial charge in [0.25, 0.3) is 11.8 Å². The molecule has 3 unspecified atom stereocenters. The molecule has 2 saturated heterocycles. The zero-order valence-corrected chi connectivity index (χ0v) is 8.60. The second-order valence-corrected chi connectivity index (χ2v) is 4.52. The van der Waals surface area contributed by atoms with Crippen LogP contribution in [-0.4, -0.2) is 35.0 Å². The maximum atomic E-state index is 11.8. The van der Waals surface area contributed by atoms with Gasteiger partial charge in [0.05, 0.1) is 18.2 Å². The van der Waals surface area contributed by atoms with Gasteiger partial charge < -0.3 is 4.74 Å². The summed E-state index contributed by atoms with van der Waals surface area (Å²) in [6, 6.07) is -0.0163. The molecule has 4 nitrogen and oxygen atoms in total. The third-order valence-corrected chi connectivity index (χ3v) is 3.54. The van der Waals surface area contributed by atoms with Gasteiger partial charge in [-0.05, 0) is 26.2 Å². The predicted molar refractivity (Wildman–Crippen MR) is 51.9 cm³/mol. The third-order valence-electron chi connectivity index (χ3n) is 3.54. The molecule has 0 saturated carbocycles. The van der Waals surface area contributed by atoms with E-state index in [4.69, 9.17) is 4.74 Å². The highest BCUT2D eigenvalue weighted by atomic mass is 16.5. The molecule has 80 valence electrons. The van der Waals surface area contributed by atoms with Crippen molar-refractivity contribution in [2.45, 2.75) is 44.4 Å². The average Bonchev–Trinajstić information content (AvgIpc) is 2.83. The van der Waals surface area contributed by atoms with Crippen LogP contribution in [0.4, 0.5) is 0 Å². The molecule has 4 heteroatoms. The Morgan fingerprint density at radius 3 is 2.67 bits per heavy atom. The fraction of sp³-hybridized carbons (Fsp3) is 0.636. The summed E-state index contributed by atoms with van der Waals surface area (Å²) in [5, 5.41) is 0. The van der Waals surface area contributed by atoms with Crippen LogP contribution in [-0.2, 0) is 14.3 Å². The highest BCUT2D eigenvalue weighted by molar-refractivity contribution is 6.16. The lowest BCUT2D eigenvalue weighted by molar-refractivity contribution is -0.141. The zero-order valence-electron chi connectivity index (χ0n) is 8.60. The topological polar surface area (TPSA) is 46.6 Å². The van der Waals surface area contributed by atoms with Gasteiger partial charge >= 0.3 is 0 Å². The van der Waals surface area contributed by atoms with E-state index >= 15 is 0 Å². The van der Waals surface area contributed by atoms with Crippen molar-refractivity contribution in [3.05, 3.63) is 11.6 Å². The number of rotatable bonds is 1. The van der Waals surface area contributed by atoms with Gasteiger partial charge in [-0.1, -0.05) is 0 Å². The van der Waals surface area contributed by atoms with Crippen molar-refractivity contribution in [2.75, 3.05) is 0 Å². The number of amides is 2. The Morgan fingerprint density at radius 1 is 1.40 bits per heavy atom. The number of carbonyl (C=O) groups is 2. The van der Waals surface area contributed by atoms with Gasteiger partial charge in [-0.15, -0.1) is 0 Å². The largest absolute Gasteiger partial charge is 0.373 e. The number of fused-ring (bicyclic) bond motifs is 2. The Bertz CT molecular complexity index is 374. The van der Waals surface area contributed by atoms with Crippen molar-refractivity contribution >= 4 is 11.8 Å². The summed E-state index contributed by atoms with van der Waals surface area (Å²) in [4.78, 5) is 24.8. The smallest absolute Gasteiger partial charge is 0.256 e. The van der Waals surface area contributed by atoms with Crippen molar-refractivity contribution in [2.24, 2.45) is 0 Å². The van der Waals surface area contributed by atoms with Crippen molar-refractivity contribution in [3.63, 3.8) is 0 Å². The van der Waals surface area contributed by atoms with Crippen LogP contribution in [0.3, 0.4) is 0 Å². The van der Waals surface area contributed by atoms with Crippen LogP contribution in [0.25, 0.3) is 0 Å². The van der Waals surface area contributed by atoms with Crippen LogP contribution >= 0.6 is 0 Å². The molecule has 3 atom stereocenters. The molecule has 3 aliphatic heterocycles. The molecule has 3 heterocycles. The summed E-state index contributed by atoms with van der Waals surface area (Å²) < 4.78 is 5.66. The van der Waals surface area contributed by atoms with E-state index in [9.17, 15) is 9.59 Å². The first-order valence-corrected chi connectivity index (χ1v) is 5.38. The highest BCUT2D eigenvalue weighted by Crippen LogP contribution is 2.38. The maximum Gasteiger partial charge on any atom is 0.256 e. The molecule has 15 heavy (non-hydrogen) atoms. The Balaban J connectivity index is 1.85. The fourth-order valence-electron chi connectivity index (χ4n) is 2.80. The van der Waals surface area contributed by atoms with E-state index in [1.807, 2.05) is 0 Å². The van der Waals surface area contributed by atoms with Crippen molar-refractivity contribution < 1.29 is 14.3 Å². The Kier molecular flexibility index (Phi) is 1.77. The van der Waals surface area contributed by atoms with Gasteiger partial charge in [0.1, 0.15) is 0 Å². The van der Waals surface area contributed by atoms with Crippen LogP contribution in [0.15, 0.2) is 11.6 Å². The van der Waals surface area contributed by atoms with Crippen molar-refractivity contribution in [1.29, 1.82) is 0 Å². The number of nitrogens with zero attached hydrogens (tertiary/aromatic N) is 1. The van der Waals surface area contributed by atoms with E-state index in [0.29, 0.717) is 5.57 Å². The number of imide groups is 1. The predicted octanol–water partition coefficient (Wildman–Crippen LogP) is 0.621. The molecule has 0 spiro atoms. The molecule has 0 aromatic heterocycles. The first-order valence-electron chi connectivity index (χ1n) is 5.38. The maximum absolute atomic E-state index is 11.8. The standard InChI is InChI=1S/C11H13NO3/c1-6-4-10(13)12(11(6)14)8-5-7-2-3-9(8)15-7/h4,7-9H,2-3,5H2,1H3. The van der Waals surface area contributed by atoms with Gasteiger partial charge in [-0.25, -0.2) is 0 Å². The van der Waals surface area contributed by atoms with E-state index in [1.54, 1.807) is 6.92 Å². The van der Waals surface area contributed by atoms with Gasteiger partial charge in [0.2, 0.25) is 0 Å². The zero-order chi connectivity index (χ0) is 10.6. The lowest BCUT2D eigenvalue weighted by Crippen LogP contribution is -2.45. The lowest BCUT2D eigenvalue weighted by atomic mass is 9.94. The molecular weight excluding hydrogens is 194 g/mol. The average molecular weight is 207 g/mol. The number of ether oxygens (including phenoxy) is 1. The van der Waals surface area contributed by atoms with E-state index in [2.05, 4.69) is 0 Å². The molecule has 2 amide bonds. The fourth-order valence-corrected chi connectivity index (χ4v) is 2.80. The molecular formula is C11H13NO3. The minimum atomic E-state index is -0.168. The summed E-state index contributed by atoms with van der Waals surface area (Å²) in [5.41, 5.74) is 0.544. The molecule has 0 N–H and O–H groups in total. The number of carbonyl (C=O) groups excluding carboxylic acids is 2. The Hall–Kier alpha value is -1.16. The van der Waals surface area contributed by atoms with Crippen molar-refractivity contribution in [3.8, 4) is 0 Å². The SMILES string of the molecule is CC1=CC(=O)N(C2CC3CCC2O3)C1=O. The first kappa shape index (κ1) is 9.09. The molecule has 0 aromatic rings. The van der Waals surface area contributed by atoms with E-state index in [-0.39, 0.29) is 30.1 Å². The summed E-state index contributed by atoms with van der Waals surface area (Å²) in [6.07, 6.45) is 4.65. The van der Waals surface area contributed by atoms with E-state index in [1.165, 1.54) is 11.0 Å². The van der Waals surface area contributed by atoms with Crippen LogP contribution in [0.1, 0.15) is 26.2 Å². The summed E-state index contributed by atoms with van der Waals surface area (Å²) in [5.74, 6) is -0.306. The van der Waals surface area contributed by atoms with Gasteiger partial charge in [0, 0.05) is 11.6 Å². The van der Waals surface area contributed by atoms with E-state index in [0.717, 1.165) is 19.3 Å². The Labute approximate surface area is 87.9 Å². The number of hydrogen-bond donors (Lipinski definition) is 0. The molecule has 0 radical (unpaired) electrons. The van der Waals surface area contributed by atoms with Crippen LogP contribution in [0.2, 0.25) is 0 Å². The molecule has 2 bridgehead atoms. The third kappa shape index (κ3) is 1.17. The molecule has 0 aliphatic carbocycles. The second kappa shape index (κ2) is 2.92. The van der Waals surface area contributed by atoms with Crippen LogP contribution in [0, 0.1) is 0 Å². The molecule has 2 fully saturated rings. The first-order chi connectivity index (χ1) is 7.16. The summed E-state index contributed by atoms with van der Waals surface area (Å²) in [6.45, 7) is 1.69. The number of hydrogen-bond acceptors (Lipinski definition) is 3. The highest BCUT2D eigenvalue weighted by Gasteiger charge is 2.48. The summed E-state index contributed by atoms with van der Waals surface area (Å²) >= 11 is 0. The molecule has 3 rings (SSSR count). The molecule has 0 aromatic carbocycles.